The number of aryl methyl sites for hydroxylation is 1. The molecule has 14 heteroatoms. The molecular weight excluding hydrogens is 705 g/mol. The highest BCUT2D eigenvalue weighted by molar-refractivity contribution is 7.18. The Kier molecular flexibility index (Phi) is 9.97. The number of carbonyl (C=O) groups is 3. The Labute approximate surface area is 317 Å². The van der Waals surface area contributed by atoms with Gasteiger partial charge in [0, 0.05) is 57.3 Å². The number of piperidine rings is 2. The van der Waals surface area contributed by atoms with Crippen molar-refractivity contribution >= 4 is 61.7 Å². The van der Waals surface area contributed by atoms with Crippen molar-refractivity contribution in [3.8, 4) is 5.75 Å². The van der Waals surface area contributed by atoms with E-state index in [2.05, 4.69) is 38.5 Å². The Balaban J connectivity index is 0.868. The fourth-order valence-electron chi connectivity index (χ4n) is 8.70. The van der Waals surface area contributed by atoms with E-state index in [1.165, 1.54) is 12.8 Å². The topological polar surface area (TPSA) is 144 Å². The van der Waals surface area contributed by atoms with Gasteiger partial charge in [-0.15, -0.1) is 11.3 Å². The number of para-hydroxylation sites is 1. The molecule has 5 aromatic rings. The number of rotatable bonds is 9. The third-order valence-corrected chi connectivity index (χ3v) is 12.8. The number of thiazole rings is 1. The molecule has 0 bridgehead atoms. The van der Waals surface area contributed by atoms with Gasteiger partial charge in [0.2, 0.25) is 11.8 Å². The number of hydrogen-bond acceptors (Lipinski definition) is 10. The minimum absolute atomic E-state index is 0.221. The highest BCUT2D eigenvalue weighted by Crippen LogP contribution is 2.42. The van der Waals surface area contributed by atoms with Crippen LogP contribution in [0.4, 0.5) is 11.4 Å². The van der Waals surface area contributed by atoms with Gasteiger partial charge in [-0.05, 0) is 88.2 Å². The summed E-state index contributed by atoms with van der Waals surface area (Å²) in [6.45, 7) is 2.85. The van der Waals surface area contributed by atoms with Gasteiger partial charge in [-0.2, -0.15) is 0 Å². The number of amides is 3. The number of ether oxygens (including phenoxy) is 1. The lowest BCUT2D eigenvalue weighted by molar-refractivity contribution is -0.135. The van der Waals surface area contributed by atoms with Gasteiger partial charge in [-0.3, -0.25) is 33.8 Å². The van der Waals surface area contributed by atoms with E-state index >= 15 is 0 Å². The zero-order valence-corrected chi connectivity index (χ0v) is 31.7. The minimum Gasteiger partial charge on any atom is -0.494 e. The standard InChI is InChI=1S/C40H46N8O5S/c1-45(26-16-19-47(20-17-26)30-8-6-9-31-36(30)46(2)40(52)48(31)32-14-15-35(49)44-38(32)51)23-24-10-12-25(13-11-24)39-43-29-21-33(53-3)28(22-34(29)54-39)42-37(50)27-7-4-5-18-41-27/h4-9,18,21-22,24-26,32H,10-17,19-20,23H2,1-3H3,(H,42,50)(H,44,49,51)/t24-,25-,32?. The monoisotopic (exact) mass is 750 g/mol. The lowest BCUT2D eigenvalue weighted by Gasteiger charge is -2.40. The van der Waals surface area contributed by atoms with Crippen LogP contribution < -0.4 is 26.0 Å². The van der Waals surface area contributed by atoms with Crippen molar-refractivity contribution < 1.29 is 19.1 Å². The molecule has 5 heterocycles. The van der Waals surface area contributed by atoms with Crippen molar-refractivity contribution in [1.29, 1.82) is 0 Å². The van der Waals surface area contributed by atoms with Crippen LogP contribution in [-0.2, 0) is 16.6 Å². The number of imide groups is 1. The van der Waals surface area contributed by atoms with E-state index in [-0.39, 0.29) is 23.9 Å². The maximum absolute atomic E-state index is 13.4. The molecule has 3 amide bonds. The summed E-state index contributed by atoms with van der Waals surface area (Å²) in [5.41, 5.74) is 4.18. The van der Waals surface area contributed by atoms with E-state index in [4.69, 9.17) is 9.72 Å². The molecule has 0 spiro atoms. The van der Waals surface area contributed by atoms with E-state index in [9.17, 15) is 19.2 Å². The Morgan fingerprint density at radius 3 is 2.54 bits per heavy atom. The van der Waals surface area contributed by atoms with Gasteiger partial charge in [0.15, 0.2) is 0 Å². The number of imidazole rings is 1. The Hall–Kier alpha value is -5.08. The lowest BCUT2D eigenvalue weighted by Crippen LogP contribution is -2.45. The largest absolute Gasteiger partial charge is 0.494 e. The molecule has 54 heavy (non-hydrogen) atoms. The number of nitrogens with one attached hydrogen (secondary N) is 2. The molecule has 282 valence electrons. The van der Waals surface area contributed by atoms with Crippen LogP contribution >= 0.6 is 11.3 Å². The first-order chi connectivity index (χ1) is 26.2. The summed E-state index contributed by atoms with van der Waals surface area (Å²) in [6, 6.07) is 14.8. The van der Waals surface area contributed by atoms with Crippen LogP contribution in [0.25, 0.3) is 21.3 Å². The average Bonchev–Trinajstić information content (AvgIpc) is 3.72. The molecule has 2 aromatic carbocycles. The zero-order chi connectivity index (χ0) is 37.5. The van der Waals surface area contributed by atoms with Crippen LogP contribution in [0.15, 0.2) is 59.5 Å². The lowest BCUT2D eigenvalue weighted by atomic mass is 9.82. The molecule has 1 unspecified atom stereocenters. The molecule has 3 aliphatic rings. The second-order valence-corrected chi connectivity index (χ2v) is 16.0. The molecule has 2 saturated heterocycles. The molecule has 3 aromatic heterocycles. The van der Waals surface area contributed by atoms with Crippen molar-refractivity contribution in [1.82, 2.24) is 29.3 Å². The fraction of sp³-hybridized carbons (Fsp3) is 0.450. The van der Waals surface area contributed by atoms with Crippen molar-refractivity contribution in [2.45, 2.75) is 69.4 Å². The van der Waals surface area contributed by atoms with E-state index in [1.807, 2.05) is 24.3 Å². The zero-order valence-electron chi connectivity index (χ0n) is 30.9. The summed E-state index contributed by atoms with van der Waals surface area (Å²) in [6.07, 6.45) is 8.76. The Morgan fingerprint density at radius 1 is 1.02 bits per heavy atom. The number of anilines is 2. The fourth-order valence-corrected chi connectivity index (χ4v) is 9.85. The number of aromatic nitrogens is 4. The Morgan fingerprint density at radius 2 is 1.81 bits per heavy atom. The minimum atomic E-state index is -0.693. The predicted octanol–water partition coefficient (Wildman–Crippen LogP) is 5.46. The summed E-state index contributed by atoms with van der Waals surface area (Å²) < 4.78 is 9.86. The number of benzene rings is 2. The molecule has 2 aliphatic heterocycles. The third kappa shape index (κ3) is 6.88. The van der Waals surface area contributed by atoms with Gasteiger partial charge in [-0.25, -0.2) is 9.78 Å². The maximum atomic E-state index is 13.4. The molecule has 1 aliphatic carbocycles. The first-order valence-electron chi connectivity index (χ1n) is 18.9. The Bertz CT molecular complexity index is 2270. The van der Waals surface area contributed by atoms with Crippen LogP contribution in [0.3, 0.4) is 0 Å². The molecule has 13 nitrogen and oxygen atoms in total. The number of fused-ring (bicyclic) bond motifs is 2. The molecule has 1 atom stereocenters. The molecule has 1 saturated carbocycles. The summed E-state index contributed by atoms with van der Waals surface area (Å²) in [4.78, 5) is 64.8. The van der Waals surface area contributed by atoms with Gasteiger partial charge in [0.1, 0.15) is 17.5 Å². The van der Waals surface area contributed by atoms with Gasteiger partial charge in [0.05, 0.1) is 44.7 Å². The number of pyridine rings is 1. The van der Waals surface area contributed by atoms with Gasteiger partial charge >= 0.3 is 5.69 Å². The quantitative estimate of drug-likeness (QED) is 0.188. The first kappa shape index (κ1) is 35.9. The van der Waals surface area contributed by atoms with Crippen molar-refractivity contribution in [3.05, 3.63) is 75.9 Å². The molecule has 3 fully saturated rings. The number of methoxy groups -OCH3 is 1. The van der Waals surface area contributed by atoms with Crippen LogP contribution in [0.5, 0.6) is 5.75 Å². The average molecular weight is 751 g/mol. The number of hydrogen-bond donors (Lipinski definition) is 2. The SMILES string of the molecule is COc1cc2nc([C@H]3CC[C@H](CN(C)C4CCN(c5cccc6c5n(C)c(=O)n6C5CCC(=O)NC5=O)CC4)CC3)sc2cc1NC(=O)c1ccccn1. The van der Waals surface area contributed by atoms with Crippen molar-refractivity contribution in [2.75, 3.05) is 44.0 Å². The van der Waals surface area contributed by atoms with Gasteiger partial charge < -0.3 is 19.9 Å². The van der Waals surface area contributed by atoms with E-state index < -0.39 is 11.9 Å². The highest BCUT2D eigenvalue weighted by Gasteiger charge is 2.33. The second-order valence-electron chi connectivity index (χ2n) is 14.9. The normalized spacial score (nSPS) is 21.2. The van der Waals surface area contributed by atoms with Crippen LogP contribution in [0.2, 0.25) is 0 Å². The van der Waals surface area contributed by atoms with E-state index in [1.54, 1.807) is 59.0 Å². The van der Waals surface area contributed by atoms with Crippen molar-refractivity contribution in [2.24, 2.45) is 13.0 Å². The number of nitrogens with zero attached hydrogens (tertiary/aromatic N) is 6. The molecule has 2 N–H and O–H groups in total. The first-order valence-corrected chi connectivity index (χ1v) is 19.7. The highest BCUT2D eigenvalue weighted by atomic mass is 32.1. The predicted molar refractivity (Wildman–Crippen MR) is 210 cm³/mol. The van der Waals surface area contributed by atoms with Crippen molar-refractivity contribution in [3.63, 3.8) is 0 Å². The molecule has 8 rings (SSSR count). The van der Waals surface area contributed by atoms with Gasteiger partial charge in [0.25, 0.3) is 5.91 Å². The molecular formula is C40H46N8O5S. The second kappa shape index (κ2) is 15.0. The molecule has 0 radical (unpaired) electrons. The summed E-state index contributed by atoms with van der Waals surface area (Å²) >= 11 is 1.71. The van der Waals surface area contributed by atoms with Crippen LogP contribution in [0, 0.1) is 5.92 Å². The van der Waals surface area contributed by atoms with Gasteiger partial charge in [-0.1, -0.05) is 12.1 Å². The van der Waals surface area contributed by atoms with E-state index in [0.29, 0.717) is 41.4 Å². The third-order valence-electron chi connectivity index (χ3n) is 11.6. The van der Waals surface area contributed by atoms with Crippen LogP contribution in [-0.4, -0.2) is 81.6 Å². The summed E-state index contributed by atoms with van der Waals surface area (Å²) in [5.74, 6) is 0.653. The van der Waals surface area contributed by atoms with Crippen LogP contribution in [0.1, 0.15) is 78.8 Å². The van der Waals surface area contributed by atoms with E-state index in [0.717, 1.165) is 77.3 Å². The summed E-state index contributed by atoms with van der Waals surface area (Å²) in [5, 5.41) is 6.51. The number of carbonyl (C=O) groups excluding carboxylic acids is 3. The smallest absolute Gasteiger partial charge is 0.329 e. The summed E-state index contributed by atoms with van der Waals surface area (Å²) in [7, 11) is 5.63. The maximum Gasteiger partial charge on any atom is 0.329 e.